The standard InChI is InChI=1S/C19H17N5O/c1-12-9-15(21)10-13(2)18(12)25-17-7-8-22-19(24-17)23-16-5-3-14(11-20)4-6-16/h3-10H,21H2,1-2H3,(H,22,23,24). The number of nitrogen functional groups attached to an aromatic ring is 1. The van der Waals surface area contributed by atoms with Crippen LogP contribution in [0.15, 0.2) is 48.7 Å². The molecule has 0 amide bonds. The van der Waals surface area contributed by atoms with E-state index in [0.717, 1.165) is 22.6 Å². The predicted molar refractivity (Wildman–Crippen MR) is 96.9 cm³/mol. The number of nitrogens with one attached hydrogen (secondary N) is 1. The van der Waals surface area contributed by atoms with Crippen molar-refractivity contribution in [3.63, 3.8) is 0 Å². The zero-order valence-corrected chi connectivity index (χ0v) is 13.9. The molecule has 2 aromatic carbocycles. The van der Waals surface area contributed by atoms with Crippen LogP contribution < -0.4 is 15.8 Å². The van der Waals surface area contributed by atoms with Crippen LogP contribution in [0.5, 0.6) is 11.6 Å². The highest BCUT2D eigenvalue weighted by molar-refractivity contribution is 5.56. The first-order chi connectivity index (χ1) is 12.0. The average molecular weight is 331 g/mol. The van der Waals surface area contributed by atoms with Gasteiger partial charge in [-0.1, -0.05) is 0 Å². The first kappa shape index (κ1) is 16.3. The maximum absolute atomic E-state index is 8.84. The van der Waals surface area contributed by atoms with E-state index in [2.05, 4.69) is 21.4 Å². The number of anilines is 3. The van der Waals surface area contributed by atoms with Gasteiger partial charge in [-0.25, -0.2) is 4.98 Å². The molecule has 1 heterocycles. The quantitative estimate of drug-likeness (QED) is 0.699. The van der Waals surface area contributed by atoms with Gasteiger partial charge in [-0.15, -0.1) is 0 Å². The molecule has 0 unspecified atom stereocenters. The van der Waals surface area contributed by atoms with Gasteiger partial charge in [-0.2, -0.15) is 10.2 Å². The summed E-state index contributed by atoms with van der Waals surface area (Å²) < 4.78 is 5.92. The van der Waals surface area contributed by atoms with E-state index in [1.54, 1.807) is 36.5 Å². The zero-order valence-electron chi connectivity index (χ0n) is 13.9. The summed E-state index contributed by atoms with van der Waals surface area (Å²) in [4.78, 5) is 8.56. The molecule has 3 N–H and O–H groups in total. The van der Waals surface area contributed by atoms with Gasteiger partial charge in [0.25, 0.3) is 0 Å². The number of ether oxygens (including phenoxy) is 1. The second-order valence-corrected chi connectivity index (χ2v) is 5.62. The summed E-state index contributed by atoms with van der Waals surface area (Å²) in [5, 5.41) is 11.9. The number of aryl methyl sites for hydroxylation is 2. The van der Waals surface area contributed by atoms with Crippen molar-refractivity contribution in [2.45, 2.75) is 13.8 Å². The smallest absolute Gasteiger partial charge is 0.230 e. The Bertz CT molecular complexity index is 922. The number of nitrogens with two attached hydrogens (primary N) is 1. The SMILES string of the molecule is Cc1cc(N)cc(C)c1Oc1ccnc(Nc2ccc(C#N)cc2)n1. The Morgan fingerprint density at radius 3 is 2.40 bits per heavy atom. The van der Waals surface area contributed by atoms with Crippen molar-refractivity contribution in [2.24, 2.45) is 0 Å². The molecule has 0 saturated carbocycles. The van der Waals surface area contributed by atoms with Crippen LogP contribution in [0, 0.1) is 25.2 Å². The molecular formula is C19H17N5O. The number of hydrogen-bond donors (Lipinski definition) is 2. The van der Waals surface area contributed by atoms with Gasteiger partial charge >= 0.3 is 0 Å². The van der Waals surface area contributed by atoms with E-state index >= 15 is 0 Å². The third-order valence-electron chi connectivity index (χ3n) is 3.59. The van der Waals surface area contributed by atoms with Gasteiger partial charge in [0, 0.05) is 23.6 Å². The molecule has 25 heavy (non-hydrogen) atoms. The Labute approximate surface area is 145 Å². The minimum absolute atomic E-state index is 0.410. The number of nitriles is 1. The summed E-state index contributed by atoms with van der Waals surface area (Å²) >= 11 is 0. The average Bonchev–Trinajstić information content (AvgIpc) is 2.59. The molecule has 0 aliphatic heterocycles. The van der Waals surface area contributed by atoms with Crippen LogP contribution in [-0.4, -0.2) is 9.97 Å². The Balaban J connectivity index is 1.81. The first-order valence-electron chi connectivity index (χ1n) is 7.70. The maximum Gasteiger partial charge on any atom is 0.230 e. The van der Waals surface area contributed by atoms with Crippen molar-refractivity contribution in [3.8, 4) is 17.7 Å². The summed E-state index contributed by atoms with van der Waals surface area (Å²) in [7, 11) is 0. The van der Waals surface area contributed by atoms with Gasteiger partial charge in [-0.3, -0.25) is 0 Å². The fraction of sp³-hybridized carbons (Fsp3) is 0.105. The molecule has 1 aromatic heterocycles. The summed E-state index contributed by atoms with van der Waals surface area (Å²) in [6.07, 6.45) is 1.62. The van der Waals surface area contributed by atoms with E-state index < -0.39 is 0 Å². The van der Waals surface area contributed by atoms with Crippen LogP contribution in [0.25, 0.3) is 0 Å². The van der Waals surface area contributed by atoms with Crippen LogP contribution in [0.2, 0.25) is 0 Å². The number of hydrogen-bond acceptors (Lipinski definition) is 6. The largest absolute Gasteiger partial charge is 0.438 e. The Hall–Kier alpha value is -3.59. The summed E-state index contributed by atoms with van der Waals surface area (Å²) in [5.74, 6) is 1.58. The highest BCUT2D eigenvalue weighted by Gasteiger charge is 2.09. The highest BCUT2D eigenvalue weighted by Crippen LogP contribution is 2.30. The fourth-order valence-electron chi connectivity index (χ4n) is 2.47. The van der Waals surface area contributed by atoms with Crippen LogP contribution in [-0.2, 0) is 0 Å². The number of nitrogens with zero attached hydrogens (tertiary/aromatic N) is 3. The molecule has 0 radical (unpaired) electrons. The molecular weight excluding hydrogens is 314 g/mol. The summed E-state index contributed by atoms with van der Waals surface area (Å²) in [6, 6.07) is 14.5. The third kappa shape index (κ3) is 3.85. The Morgan fingerprint density at radius 2 is 1.76 bits per heavy atom. The van der Waals surface area contributed by atoms with Crippen LogP contribution in [0.4, 0.5) is 17.3 Å². The first-order valence-corrected chi connectivity index (χ1v) is 7.70. The molecule has 0 aliphatic rings. The highest BCUT2D eigenvalue weighted by atomic mass is 16.5. The molecule has 124 valence electrons. The predicted octanol–water partition coefficient (Wildman–Crippen LogP) is 4.08. The van der Waals surface area contributed by atoms with Crippen molar-refractivity contribution in [1.29, 1.82) is 5.26 Å². The van der Waals surface area contributed by atoms with Crippen molar-refractivity contribution in [3.05, 3.63) is 65.4 Å². The van der Waals surface area contributed by atoms with Gasteiger partial charge in [0.05, 0.1) is 11.6 Å². The zero-order chi connectivity index (χ0) is 17.8. The Morgan fingerprint density at radius 1 is 1.08 bits per heavy atom. The number of rotatable bonds is 4. The summed E-state index contributed by atoms with van der Waals surface area (Å²) in [6.45, 7) is 3.88. The fourth-order valence-corrected chi connectivity index (χ4v) is 2.47. The van der Waals surface area contributed by atoms with E-state index in [1.807, 2.05) is 26.0 Å². The van der Waals surface area contributed by atoms with Crippen molar-refractivity contribution < 1.29 is 4.74 Å². The number of aromatic nitrogens is 2. The number of benzene rings is 2. The summed E-state index contributed by atoms with van der Waals surface area (Å²) in [5.41, 5.74) is 9.81. The maximum atomic E-state index is 8.84. The third-order valence-corrected chi connectivity index (χ3v) is 3.59. The van der Waals surface area contributed by atoms with E-state index in [9.17, 15) is 0 Å². The molecule has 0 atom stereocenters. The second kappa shape index (κ2) is 6.89. The molecule has 0 bridgehead atoms. The molecule has 6 heteroatoms. The topological polar surface area (TPSA) is 96.9 Å². The van der Waals surface area contributed by atoms with E-state index in [0.29, 0.717) is 23.1 Å². The van der Waals surface area contributed by atoms with Gasteiger partial charge in [0.1, 0.15) is 5.75 Å². The van der Waals surface area contributed by atoms with Crippen molar-refractivity contribution in [2.75, 3.05) is 11.1 Å². The van der Waals surface area contributed by atoms with Gasteiger partial charge in [-0.05, 0) is 61.4 Å². The lowest BCUT2D eigenvalue weighted by Gasteiger charge is -2.12. The lowest BCUT2D eigenvalue weighted by molar-refractivity contribution is 0.455. The molecule has 0 fully saturated rings. The van der Waals surface area contributed by atoms with E-state index in [-0.39, 0.29) is 0 Å². The monoisotopic (exact) mass is 331 g/mol. The molecule has 3 rings (SSSR count). The molecule has 0 aliphatic carbocycles. The molecule has 0 saturated heterocycles. The van der Waals surface area contributed by atoms with Gasteiger partial charge in [0.15, 0.2) is 0 Å². The minimum Gasteiger partial charge on any atom is -0.438 e. The van der Waals surface area contributed by atoms with E-state index in [1.165, 1.54) is 0 Å². The lowest BCUT2D eigenvalue weighted by atomic mass is 10.1. The molecule has 0 spiro atoms. The molecule has 3 aromatic rings. The van der Waals surface area contributed by atoms with Crippen molar-refractivity contribution in [1.82, 2.24) is 9.97 Å². The van der Waals surface area contributed by atoms with Gasteiger partial charge < -0.3 is 15.8 Å². The van der Waals surface area contributed by atoms with Crippen LogP contribution in [0.1, 0.15) is 16.7 Å². The Kier molecular flexibility index (Phi) is 4.48. The lowest BCUT2D eigenvalue weighted by Crippen LogP contribution is -2.00. The van der Waals surface area contributed by atoms with Crippen molar-refractivity contribution >= 4 is 17.3 Å². The second-order valence-electron chi connectivity index (χ2n) is 5.62. The van der Waals surface area contributed by atoms with Gasteiger partial charge in [0.2, 0.25) is 11.8 Å². The van der Waals surface area contributed by atoms with Crippen LogP contribution >= 0.6 is 0 Å². The minimum atomic E-state index is 0.410. The van der Waals surface area contributed by atoms with E-state index in [4.69, 9.17) is 15.7 Å². The normalized spacial score (nSPS) is 10.1. The molecule has 6 nitrogen and oxygen atoms in total. The van der Waals surface area contributed by atoms with Crippen LogP contribution in [0.3, 0.4) is 0 Å².